The van der Waals surface area contributed by atoms with Crippen LogP contribution in [0.3, 0.4) is 0 Å². The van der Waals surface area contributed by atoms with Crippen LogP contribution in [0.2, 0.25) is 0 Å². The van der Waals surface area contributed by atoms with Crippen molar-refractivity contribution in [3.05, 3.63) is 193 Å². The second kappa shape index (κ2) is 10.3. The van der Waals surface area contributed by atoms with Crippen LogP contribution in [0.5, 0.6) is 0 Å². The predicted octanol–water partition coefficient (Wildman–Crippen LogP) is 13.0. The van der Waals surface area contributed by atoms with Crippen LogP contribution in [0.15, 0.2) is 176 Å². The molecule has 48 heavy (non-hydrogen) atoms. The Balaban J connectivity index is 1.22. The first-order chi connectivity index (χ1) is 25.3. The van der Waals surface area contributed by atoms with E-state index in [2.05, 4.69) is 110 Å². The molecule has 0 saturated carbocycles. The third-order valence-electron chi connectivity index (χ3n) is 10.6. The molecule has 10 rings (SSSR count). The minimum atomic E-state index is -0.489. The number of benzene rings is 9. The summed E-state index contributed by atoms with van der Waals surface area (Å²) in [4.78, 5) is 0. The van der Waals surface area contributed by atoms with Crippen LogP contribution in [0, 0.1) is 0 Å². The molecular weight excluding hydrogens is 577 g/mol. The molecule has 9 aromatic rings. The van der Waals surface area contributed by atoms with E-state index < -0.39 is 5.41 Å². The molecule has 0 spiro atoms. The largest absolute Gasteiger partial charge is 0.0629 e. The number of hydrogen-bond donors (Lipinski definition) is 0. The lowest BCUT2D eigenvalue weighted by Gasteiger charge is -2.28. The smallest absolute Gasteiger partial charge is 0.0622 e. The van der Waals surface area contributed by atoms with E-state index in [0.717, 1.165) is 49.0 Å². The Hall–Kier alpha value is -5.98. The van der Waals surface area contributed by atoms with E-state index in [-0.39, 0.29) is 24.2 Å². The SMILES string of the molecule is [2H]c1c([2H])c(-c2cc3ccccc3c3cc4ccccc4cc23)c([2H])c([2H])c1-c1ccc2c(c1)C(C)(c1ccccc1)c1ccc3ccccc3c1-2. The van der Waals surface area contributed by atoms with Crippen LogP contribution >= 0.6 is 0 Å². The van der Waals surface area contributed by atoms with Gasteiger partial charge in [0.2, 0.25) is 0 Å². The minimum Gasteiger partial charge on any atom is -0.0622 e. The second-order valence-electron chi connectivity index (χ2n) is 13.1. The third-order valence-corrected chi connectivity index (χ3v) is 10.6. The van der Waals surface area contributed by atoms with Gasteiger partial charge in [0.15, 0.2) is 0 Å². The molecule has 1 aliphatic rings. The molecule has 0 fully saturated rings. The van der Waals surface area contributed by atoms with E-state index in [1.165, 1.54) is 21.9 Å². The van der Waals surface area contributed by atoms with Crippen molar-refractivity contribution in [3.63, 3.8) is 0 Å². The highest BCUT2D eigenvalue weighted by Gasteiger charge is 2.41. The third kappa shape index (κ3) is 3.90. The molecule has 0 nitrogen and oxygen atoms in total. The van der Waals surface area contributed by atoms with Crippen molar-refractivity contribution in [2.24, 2.45) is 0 Å². The molecule has 0 N–H and O–H groups in total. The molecule has 1 atom stereocenters. The summed E-state index contributed by atoms with van der Waals surface area (Å²) in [5, 5.41) is 8.56. The minimum absolute atomic E-state index is 0.0404. The summed E-state index contributed by atoms with van der Waals surface area (Å²) < 4.78 is 37.9. The summed E-state index contributed by atoms with van der Waals surface area (Å²) in [6.07, 6.45) is 0. The zero-order valence-electron chi connectivity index (χ0n) is 30.4. The zero-order chi connectivity index (χ0) is 35.3. The highest BCUT2D eigenvalue weighted by Crippen LogP contribution is 2.55. The van der Waals surface area contributed by atoms with E-state index in [1.807, 2.05) is 48.5 Å². The lowest BCUT2D eigenvalue weighted by atomic mass is 9.73. The van der Waals surface area contributed by atoms with E-state index >= 15 is 0 Å². The summed E-state index contributed by atoms with van der Waals surface area (Å²) in [5.41, 5.74) is 7.33. The van der Waals surface area contributed by atoms with Gasteiger partial charge in [-0.2, -0.15) is 0 Å². The predicted molar refractivity (Wildman–Crippen MR) is 205 cm³/mol. The molecule has 0 heterocycles. The second-order valence-corrected chi connectivity index (χ2v) is 13.1. The Morgan fingerprint density at radius 2 is 1.02 bits per heavy atom. The molecule has 224 valence electrons. The summed E-state index contributed by atoms with van der Waals surface area (Å²) >= 11 is 0. The highest BCUT2D eigenvalue weighted by molar-refractivity contribution is 6.17. The van der Waals surface area contributed by atoms with Crippen molar-refractivity contribution < 1.29 is 5.48 Å². The van der Waals surface area contributed by atoms with Crippen LogP contribution in [0.4, 0.5) is 0 Å². The topological polar surface area (TPSA) is 0 Å². The van der Waals surface area contributed by atoms with Crippen molar-refractivity contribution in [2.45, 2.75) is 12.3 Å². The van der Waals surface area contributed by atoms with Crippen molar-refractivity contribution in [3.8, 4) is 33.4 Å². The average Bonchev–Trinajstić information content (AvgIpc) is 3.45. The van der Waals surface area contributed by atoms with Crippen molar-refractivity contribution in [1.29, 1.82) is 0 Å². The molecule has 0 bridgehead atoms. The van der Waals surface area contributed by atoms with Gasteiger partial charge in [0, 0.05) is 5.41 Å². The number of fused-ring (bicyclic) bond motifs is 9. The maximum atomic E-state index is 9.48. The molecule has 1 unspecified atom stereocenters. The van der Waals surface area contributed by atoms with E-state index in [9.17, 15) is 5.48 Å². The van der Waals surface area contributed by atoms with Gasteiger partial charge in [-0.25, -0.2) is 0 Å². The average molecular weight is 613 g/mol. The first-order valence-electron chi connectivity index (χ1n) is 18.5. The zero-order valence-corrected chi connectivity index (χ0v) is 26.4. The van der Waals surface area contributed by atoms with Gasteiger partial charge < -0.3 is 0 Å². The quantitative estimate of drug-likeness (QED) is 0.138. The van der Waals surface area contributed by atoms with Gasteiger partial charge in [-0.15, -0.1) is 0 Å². The standard InChI is InChI=1S/C48H32/c1-48(38-15-3-2-4-16-38)45-26-24-32-11-7-10-18-40(32)47(45)41-25-23-36(30-46(41)48)31-19-21-33(22-20-31)42-29-37-14-8-9-17-39(37)43-27-34-12-5-6-13-35(34)28-44(42)43/h2-30H,1H3/i19D,20D,21D,22D. The Morgan fingerprint density at radius 3 is 1.79 bits per heavy atom. The molecule has 9 aromatic carbocycles. The van der Waals surface area contributed by atoms with Crippen molar-refractivity contribution in [1.82, 2.24) is 0 Å². The number of hydrogen-bond acceptors (Lipinski definition) is 0. The van der Waals surface area contributed by atoms with Crippen molar-refractivity contribution in [2.75, 3.05) is 0 Å². The fraction of sp³-hybridized carbons (Fsp3) is 0.0417. The van der Waals surface area contributed by atoms with E-state index in [4.69, 9.17) is 0 Å². The summed E-state index contributed by atoms with van der Waals surface area (Å²) in [6, 6.07) is 52.2. The fourth-order valence-corrected chi connectivity index (χ4v) is 8.12. The van der Waals surface area contributed by atoms with Gasteiger partial charge in [-0.05, 0) is 124 Å². The van der Waals surface area contributed by atoms with Crippen LogP contribution in [0.25, 0.3) is 76.5 Å². The Kier molecular flexibility index (Phi) is 4.99. The molecule has 0 aliphatic heterocycles. The van der Waals surface area contributed by atoms with Crippen LogP contribution in [0.1, 0.15) is 29.1 Å². The lowest BCUT2D eigenvalue weighted by Crippen LogP contribution is -2.22. The van der Waals surface area contributed by atoms with Gasteiger partial charge in [-0.3, -0.25) is 0 Å². The summed E-state index contributed by atoms with van der Waals surface area (Å²) in [7, 11) is 0. The highest BCUT2D eigenvalue weighted by atomic mass is 14.4. The Bertz CT molecular complexity index is 2930. The first-order valence-corrected chi connectivity index (χ1v) is 16.5. The summed E-state index contributed by atoms with van der Waals surface area (Å²) in [6.45, 7) is 2.26. The van der Waals surface area contributed by atoms with Crippen LogP contribution < -0.4 is 0 Å². The van der Waals surface area contributed by atoms with E-state index in [0.29, 0.717) is 22.3 Å². The van der Waals surface area contributed by atoms with E-state index in [1.54, 1.807) is 0 Å². The van der Waals surface area contributed by atoms with Gasteiger partial charge in [0.25, 0.3) is 0 Å². The van der Waals surface area contributed by atoms with Crippen molar-refractivity contribution >= 4 is 43.1 Å². The summed E-state index contributed by atoms with van der Waals surface area (Å²) in [5.74, 6) is 0. The van der Waals surface area contributed by atoms with Gasteiger partial charge in [0.05, 0.1) is 5.48 Å². The van der Waals surface area contributed by atoms with Gasteiger partial charge >= 0.3 is 0 Å². The maximum absolute atomic E-state index is 9.48. The van der Waals surface area contributed by atoms with Gasteiger partial charge in [0.1, 0.15) is 0 Å². The van der Waals surface area contributed by atoms with Gasteiger partial charge in [-0.1, -0.05) is 152 Å². The maximum Gasteiger partial charge on any atom is 0.0629 e. The Morgan fingerprint density at radius 1 is 0.396 bits per heavy atom. The fourth-order valence-electron chi connectivity index (χ4n) is 8.12. The molecule has 0 radical (unpaired) electrons. The molecular formula is C48H32. The number of rotatable bonds is 3. The molecule has 1 aliphatic carbocycles. The molecule has 0 heteroatoms. The molecule has 0 saturated heterocycles. The first kappa shape index (κ1) is 23.4. The van der Waals surface area contributed by atoms with Crippen LogP contribution in [-0.2, 0) is 5.41 Å². The normalized spacial score (nSPS) is 16.4. The lowest BCUT2D eigenvalue weighted by molar-refractivity contribution is 0.714. The molecule has 0 aromatic heterocycles. The molecule has 0 amide bonds. The van der Waals surface area contributed by atoms with Crippen LogP contribution in [-0.4, -0.2) is 0 Å². The Labute approximate surface area is 286 Å². The monoisotopic (exact) mass is 612 g/mol.